The van der Waals surface area contributed by atoms with Gasteiger partial charge in [0.15, 0.2) is 5.78 Å². The van der Waals surface area contributed by atoms with E-state index in [0.717, 1.165) is 36.8 Å². The number of hydrogen-bond acceptors (Lipinski definition) is 4. The van der Waals surface area contributed by atoms with Gasteiger partial charge in [0.05, 0.1) is 18.0 Å². The van der Waals surface area contributed by atoms with E-state index in [4.69, 9.17) is 4.99 Å². The Morgan fingerprint density at radius 2 is 1.93 bits per heavy atom. The van der Waals surface area contributed by atoms with Crippen LogP contribution in [-0.2, 0) is 4.79 Å². The highest BCUT2D eigenvalue weighted by Gasteiger charge is 2.30. The number of carbonyl (C=O) groups is 1. The van der Waals surface area contributed by atoms with Crippen molar-refractivity contribution in [3.05, 3.63) is 53.4 Å². The molecule has 0 aliphatic carbocycles. The van der Waals surface area contributed by atoms with Gasteiger partial charge in [-0.05, 0) is 69.1 Å². The van der Waals surface area contributed by atoms with Crippen LogP contribution in [0.3, 0.4) is 0 Å². The standard InChI is InChI=1S/C24H33N2O2P/c1-16(2)24(25-17(3)23(28)13-19-9-11-29-12-10-19)18(4)26-14-20(15-27)21-7-5-6-8-22(21)26/h5-8,19-20,27,29H,1,9-15H2,2-4H3/b24-18-,25-17?. The summed E-state index contributed by atoms with van der Waals surface area (Å²) in [6.07, 6.45) is 5.50. The third-order valence-corrected chi connectivity index (χ3v) is 7.34. The number of Topliss-reactive ketones (excluding diaryl/α,β-unsaturated/α-hetero) is 1. The fraction of sp³-hybridized carbons (Fsp3) is 0.500. The third-order valence-electron chi connectivity index (χ3n) is 6.06. The molecule has 29 heavy (non-hydrogen) atoms. The summed E-state index contributed by atoms with van der Waals surface area (Å²) in [5, 5.41) is 9.80. The van der Waals surface area contributed by atoms with Crippen LogP contribution in [0.5, 0.6) is 0 Å². The molecule has 0 radical (unpaired) electrons. The van der Waals surface area contributed by atoms with Crippen molar-refractivity contribution in [3.63, 3.8) is 0 Å². The second-order valence-corrected chi connectivity index (χ2v) is 9.78. The van der Waals surface area contributed by atoms with Gasteiger partial charge in [-0.2, -0.15) is 0 Å². The molecule has 1 N–H and O–H groups in total. The maximum absolute atomic E-state index is 12.8. The Morgan fingerprint density at radius 1 is 1.24 bits per heavy atom. The van der Waals surface area contributed by atoms with Gasteiger partial charge in [0.2, 0.25) is 0 Å². The zero-order valence-electron chi connectivity index (χ0n) is 17.9. The molecule has 2 heterocycles. The van der Waals surface area contributed by atoms with Gasteiger partial charge in [-0.15, -0.1) is 8.58 Å². The first-order valence-corrected chi connectivity index (χ1v) is 12.0. The first kappa shape index (κ1) is 21.9. The van der Waals surface area contributed by atoms with Gasteiger partial charge in [-0.25, -0.2) is 4.99 Å². The van der Waals surface area contributed by atoms with Crippen LogP contribution in [-0.4, -0.2) is 42.1 Å². The van der Waals surface area contributed by atoms with Crippen molar-refractivity contribution in [2.24, 2.45) is 10.9 Å². The minimum atomic E-state index is 0.0891. The number of aliphatic imine (C=N–C) groups is 1. The summed E-state index contributed by atoms with van der Waals surface area (Å²) in [6, 6.07) is 8.18. The van der Waals surface area contributed by atoms with Gasteiger partial charge in [0, 0.05) is 30.3 Å². The number of fused-ring (bicyclic) bond motifs is 1. The van der Waals surface area contributed by atoms with E-state index < -0.39 is 0 Å². The summed E-state index contributed by atoms with van der Waals surface area (Å²) in [5.41, 5.74) is 5.43. The van der Waals surface area contributed by atoms with E-state index in [1.165, 1.54) is 25.2 Å². The number of benzene rings is 1. The SMILES string of the molecule is C=C(C)/C(N=C(C)C(=O)CC1CCPCC1)=C(\C)N1CC(CO)c2ccccc21. The highest BCUT2D eigenvalue weighted by molar-refractivity contribution is 7.38. The number of allylic oxidation sites excluding steroid dienone is 2. The van der Waals surface area contributed by atoms with Crippen molar-refractivity contribution >= 4 is 25.8 Å². The summed E-state index contributed by atoms with van der Waals surface area (Å²) in [4.78, 5) is 19.7. The van der Waals surface area contributed by atoms with Gasteiger partial charge in [0.25, 0.3) is 0 Å². The van der Waals surface area contributed by atoms with Crippen LogP contribution >= 0.6 is 8.58 Å². The van der Waals surface area contributed by atoms with Crippen LogP contribution in [0.1, 0.15) is 51.5 Å². The van der Waals surface area contributed by atoms with Crippen molar-refractivity contribution in [2.75, 3.05) is 30.4 Å². The highest BCUT2D eigenvalue weighted by Crippen LogP contribution is 2.39. The largest absolute Gasteiger partial charge is 0.396 e. The van der Waals surface area contributed by atoms with Gasteiger partial charge in [-0.3, -0.25) is 4.79 Å². The van der Waals surface area contributed by atoms with E-state index >= 15 is 0 Å². The predicted molar refractivity (Wildman–Crippen MR) is 125 cm³/mol. The average Bonchev–Trinajstić information content (AvgIpc) is 3.10. The van der Waals surface area contributed by atoms with Gasteiger partial charge in [0.1, 0.15) is 0 Å². The maximum atomic E-state index is 12.8. The lowest BCUT2D eigenvalue weighted by molar-refractivity contribution is -0.113. The van der Waals surface area contributed by atoms with E-state index in [1.54, 1.807) is 0 Å². The summed E-state index contributed by atoms with van der Waals surface area (Å²) >= 11 is 0. The number of hydrogen-bond donors (Lipinski definition) is 1. The first-order valence-electron chi connectivity index (χ1n) is 10.6. The Hall–Kier alpha value is -1.77. The van der Waals surface area contributed by atoms with Crippen LogP contribution in [0.2, 0.25) is 0 Å². The van der Waals surface area contributed by atoms with Crippen molar-refractivity contribution in [1.82, 2.24) is 0 Å². The average molecular weight is 413 g/mol. The van der Waals surface area contributed by atoms with Crippen LogP contribution in [0, 0.1) is 5.92 Å². The molecule has 3 rings (SSSR count). The lowest BCUT2D eigenvalue weighted by Crippen LogP contribution is -2.23. The van der Waals surface area contributed by atoms with E-state index in [9.17, 15) is 9.90 Å². The minimum Gasteiger partial charge on any atom is -0.396 e. The molecule has 5 heteroatoms. The third kappa shape index (κ3) is 5.05. The fourth-order valence-corrected chi connectivity index (χ4v) is 5.78. The molecule has 0 bridgehead atoms. The number of nitrogens with zero attached hydrogens (tertiary/aromatic N) is 2. The van der Waals surface area contributed by atoms with Crippen molar-refractivity contribution in [2.45, 2.75) is 46.0 Å². The maximum Gasteiger partial charge on any atom is 0.177 e. The number of ketones is 1. The van der Waals surface area contributed by atoms with Crippen LogP contribution < -0.4 is 4.90 Å². The Morgan fingerprint density at radius 3 is 2.59 bits per heavy atom. The lowest BCUT2D eigenvalue weighted by Gasteiger charge is -2.23. The molecular formula is C24H33N2O2P. The van der Waals surface area contributed by atoms with Gasteiger partial charge < -0.3 is 10.0 Å². The molecule has 2 aliphatic heterocycles. The molecule has 156 valence electrons. The topological polar surface area (TPSA) is 52.9 Å². The Kier molecular flexibility index (Phi) is 7.43. The van der Waals surface area contributed by atoms with Crippen LogP contribution in [0.4, 0.5) is 5.69 Å². The monoisotopic (exact) mass is 412 g/mol. The Bertz CT molecular complexity index is 837. The molecule has 1 aromatic rings. The number of aliphatic hydroxyl groups excluding tert-OH is 1. The van der Waals surface area contributed by atoms with Crippen molar-refractivity contribution < 1.29 is 9.90 Å². The molecule has 2 aliphatic rings. The molecule has 4 nitrogen and oxygen atoms in total. The first-order chi connectivity index (χ1) is 13.9. The molecule has 0 saturated carbocycles. The molecule has 0 spiro atoms. The second kappa shape index (κ2) is 9.82. The molecule has 0 aromatic heterocycles. The van der Waals surface area contributed by atoms with Crippen LogP contribution in [0.25, 0.3) is 0 Å². The number of para-hydroxylation sites is 1. The normalized spacial score (nSPS) is 23.7. The summed E-state index contributed by atoms with van der Waals surface area (Å²) in [7, 11) is 1.07. The van der Waals surface area contributed by atoms with Crippen molar-refractivity contribution in [3.8, 4) is 0 Å². The van der Waals surface area contributed by atoms with Gasteiger partial charge >= 0.3 is 0 Å². The summed E-state index contributed by atoms with van der Waals surface area (Å²) < 4.78 is 0. The van der Waals surface area contributed by atoms with E-state index in [1.807, 2.05) is 32.9 Å². The molecule has 1 aromatic carbocycles. The molecule has 0 amide bonds. The van der Waals surface area contributed by atoms with Crippen molar-refractivity contribution in [1.29, 1.82) is 0 Å². The minimum absolute atomic E-state index is 0.0891. The lowest BCUT2D eigenvalue weighted by atomic mass is 9.95. The zero-order valence-corrected chi connectivity index (χ0v) is 18.9. The van der Waals surface area contributed by atoms with E-state index in [2.05, 4.69) is 23.6 Å². The number of carbonyl (C=O) groups excluding carboxylic acids is 1. The molecule has 1 saturated heterocycles. The highest BCUT2D eigenvalue weighted by atomic mass is 31.1. The molecule has 1 atom stereocenters. The van der Waals surface area contributed by atoms with Gasteiger partial charge in [-0.1, -0.05) is 24.8 Å². The number of anilines is 1. The summed E-state index contributed by atoms with van der Waals surface area (Å²) in [5.74, 6) is 0.760. The number of rotatable bonds is 7. The van der Waals surface area contributed by atoms with E-state index in [0.29, 0.717) is 24.6 Å². The van der Waals surface area contributed by atoms with E-state index in [-0.39, 0.29) is 18.3 Å². The Labute approximate surface area is 176 Å². The smallest absolute Gasteiger partial charge is 0.177 e. The molecule has 1 fully saturated rings. The van der Waals surface area contributed by atoms with Crippen LogP contribution in [0.15, 0.2) is 52.8 Å². The second-order valence-electron chi connectivity index (χ2n) is 8.28. The molecule has 1 unspecified atom stereocenters. The zero-order chi connectivity index (χ0) is 21.0. The number of aliphatic hydroxyl groups is 1. The quantitative estimate of drug-likeness (QED) is 0.394. The fourth-order valence-electron chi connectivity index (χ4n) is 4.31. The predicted octanol–water partition coefficient (Wildman–Crippen LogP) is 4.90. The Balaban J connectivity index is 1.86. The summed E-state index contributed by atoms with van der Waals surface area (Å²) in [6.45, 7) is 10.7. The molecular weight excluding hydrogens is 379 g/mol.